The van der Waals surface area contributed by atoms with Crippen LogP contribution >= 0.6 is 0 Å². The van der Waals surface area contributed by atoms with Crippen molar-refractivity contribution in [2.75, 3.05) is 24.5 Å². The predicted molar refractivity (Wildman–Crippen MR) is 84.5 cm³/mol. The molecule has 1 fully saturated rings. The maximum Gasteiger partial charge on any atom is 0.407 e. The highest BCUT2D eigenvalue weighted by molar-refractivity contribution is 5.66. The smallest absolute Gasteiger partial charge is 0.407 e. The molecule has 0 saturated carbocycles. The van der Waals surface area contributed by atoms with Crippen LogP contribution in [-0.2, 0) is 6.54 Å². The first kappa shape index (κ1) is 15.6. The van der Waals surface area contributed by atoms with Crippen LogP contribution in [0.1, 0.15) is 26.3 Å². The van der Waals surface area contributed by atoms with E-state index in [0.717, 1.165) is 11.3 Å². The Morgan fingerprint density at radius 3 is 2.57 bits per heavy atom. The molecule has 0 spiro atoms. The SMILES string of the molecule is CC(C)(C)C1CN(c2ccccc2CN)CCN1C(=O)O. The molecule has 21 heavy (non-hydrogen) atoms. The van der Waals surface area contributed by atoms with E-state index in [-0.39, 0.29) is 11.5 Å². The highest BCUT2D eigenvalue weighted by Gasteiger charge is 2.38. The van der Waals surface area contributed by atoms with Gasteiger partial charge >= 0.3 is 6.09 Å². The van der Waals surface area contributed by atoms with Gasteiger partial charge < -0.3 is 20.6 Å². The van der Waals surface area contributed by atoms with E-state index in [1.54, 1.807) is 4.90 Å². The molecule has 0 radical (unpaired) electrons. The Kier molecular flexibility index (Phi) is 4.42. The third-order valence-electron chi connectivity index (χ3n) is 4.18. The quantitative estimate of drug-likeness (QED) is 0.877. The number of rotatable bonds is 2. The molecule has 0 bridgehead atoms. The average Bonchev–Trinajstić information content (AvgIpc) is 2.45. The summed E-state index contributed by atoms with van der Waals surface area (Å²) in [5, 5.41) is 9.42. The summed E-state index contributed by atoms with van der Waals surface area (Å²) in [7, 11) is 0. The first-order valence-electron chi connectivity index (χ1n) is 7.37. The minimum atomic E-state index is -0.832. The third-order valence-corrected chi connectivity index (χ3v) is 4.18. The first-order valence-corrected chi connectivity index (χ1v) is 7.37. The summed E-state index contributed by atoms with van der Waals surface area (Å²) < 4.78 is 0. The number of nitrogens with zero attached hydrogens (tertiary/aromatic N) is 2. The lowest BCUT2D eigenvalue weighted by Crippen LogP contribution is -2.59. The van der Waals surface area contributed by atoms with Crippen LogP contribution in [0.5, 0.6) is 0 Å². The molecule has 1 amide bonds. The van der Waals surface area contributed by atoms with Crippen LogP contribution in [0.3, 0.4) is 0 Å². The van der Waals surface area contributed by atoms with Crippen molar-refractivity contribution in [2.45, 2.75) is 33.4 Å². The van der Waals surface area contributed by atoms with Gasteiger partial charge in [-0.2, -0.15) is 0 Å². The molecule has 1 aromatic carbocycles. The molecule has 1 aliphatic heterocycles. The lowest BCUT2D eigenvalue weighted by molar-refractivity contribution is 0.0748. The van der Waals surface area contributed by atoms with Crippen molar-refractivity contribution < 1.29 is 9.90 Å². The lowest BCUT2D eigenvalue weighted by atomic mass is 9.84. The maximum atomic E-state index is 11.5. The van der Waals surface area contributed by atoms with E-state index in [0.29, 0.717) is 26.2 Å². The predicted octanol–water partition coefficient (Wildman–Crippen LogP) is 2.36. The van der Waals surface area contributed by atoms with E-state index in [1.807, 2.05) is 18.2 Å². The number of para-hydroxylation sites is 1. The second-order valence-corrected chi connectivity index (χ2v) is 6.64. The normalized spacial score (nSPS) is 19.7. The third kappa shape index (κ3) is 3.29. The summed E-state index contributed by atoms with van der Waals surface area (Å²) in [6.45, 7) is 8.69. The largest absolute Gasteiger partial charge is 0.465 e. The number of nitrogens with two attached hydrogens (primary N) is 1. The van der Waals surface area contributed by atoms with Crippen LogP contribution in [0.25, 0.3) is 0 Å². The number of anilines is 1. The first-order chi connectivity index (χ1) is 9.84. The van der Waals surface area contributed by atoms with Crippen LogP contribution in [0, 0.1) is 5.41 Å². The van der Waals surface area contributed by atoms with Crippen LogP contribution in [-0.4, -0.2) is 41.8 Å². The van der Waals surface area contributed by atoms with Crippen molar-refractivity contribution in [3.8, 4) is 0 Å². The molecular weight excluding hydrogens is 266 g/mol. The summed E-state index contributed by atoms with van der Waals surface area (Å²) in [6.07, 6.45) is -0.832. The number of hydrogen-bond acceptors (Lipinski definition) is 3. The van der Waals surface area contributed by atoms with Crippen LogP contribution < -0.4 is 10.6 Å². The fourth-order valence-electron chi connectivity index (χ4n) is 2.96. The Morgan fingerprint density at radius 1 is 1.33 bits per heavy atom. The molecule has 1 atom stereocenters. The van der Waals surface area contributed by atoms with Crippen molar-refractivity contribution in [3.63, 3.8) is 0 Å². The van der Waals surface area contributed by atoms with E-state index >= 15 is 0 Å². The van der Waals surface area contributed by atoms with E-state index in [4.69, 9.17) is 5.73 Å². The van der Waals surface area contributed by atoms with Gasteiger partial charge in [0.05, 0.1) is 6.04 Å². The monoisotopic (exact) mass is 291 g/mol. The molecule has 5 nitrogen and oxygen atoms in total. The Morgan fingerprint density at radius 2 is 2.00 bits per heavy atom. The summed E-state index contributed by atoms with van der Waals surface area (Å²) in [5.74, 6) is 0. The molecule has 1 saturated heterocycles. The molecule has 3 N–H and O–H groups in total. The van der Waals surface area contributed by atoms with Crippen molar-refractivity contribution in [1.82, 2.24) is 4.90 Å². The summed E-state index contributed by atoms with van der Waals surface area (Å²) in [4.78, 5) is 15.3. The number of carboxylic acid groups (broad SMARTS) is 1. The van der Waals surface area contributed by atoms with E-state index in [2.05, 4.69) is 31.7 Å². The zero-order valence-corrected chi connectivity index (χ0v) is 13.0. The summed E-state index contributed by atoms with van der Waals surface area (Å²) in [5.41, 5.74) is 7.95. The number of hydrogen-bond donors (Lipinski definition) is 2. The Labute approximate surface area is 126 Å². The van der Waals surface area contributed by atoms with Gasteiger partial charge in [0.15, 0.2) is 0 Å². The average molecular weight is 291 g/mol. The molecular formula is C16H25N3O2. The molecule has 0 aromatic heterocycles. The van der Waals surface area contributed by atoms with Gasteiger partial charge in [0, 0.05) is 31.9 Å². The van der Waals surface area contributed by atoms with E-state index in [1.165, 1.54) is 0 Å². The van der Waals surface area contributed by atoms with Crippen LogP contribution in [0.15, 0.2) is 24.3 Å². The van der Waals surface area contributed by atoms with Gasteiger partial charge in [-0.1, -0.05) is 39.0 Å². The topological polar surface area (TPSA) is 69.8 Å². The number of carbonyl (C=O) groups is 1. The molecule has 1 unspecified atom stereocenters. The summed E-state index contributed by atoms with van der Waals surface area (Å²) >= 11 is 0. The molecule has 1 heterocycles. The van der Waals surface area contributed by atoms with Crippen molar-refractivity contribution in [1.29, 1.82) is 0 Å². The zero-order chi connectivity index (χ0) is 15.6. The van der Waals surface area contributed by atoms with Gasteiger partial charge in [0.25, 0.3) is 0 Å². The molecule has 1 aliphatic rings. The second kappa shape index (κ2) is 5.93. The van der Waals surface area contributed by atoms with Crippen molar-refractivity contribution in [3.05, 3.63) is 29.8 Å². The Balaban J connectivity index is 2.27. The van der Waals surface area contributed by atoms with Crippen molar-refractivity contribution in [2.24, 2.45) is 11.1 Å². The molecule has 2 rings (SSSR count). The van der Waals surface area contributed by atoms with E-state index < -0.39 is 6.09 Å². The molecule has 1 aromatic rings. The summed E-state index contributed by atoms with van der Waals surface area (Å²) in [6, 6.07) is 8.06. The van der Waals surface area contributed by atoms with Gasteiger partial charge in [0.1, 0.15) is 0 Å². The standard InChI is InChI=1S/C16H25N3O2/c1-16(2,3)14-11-18(8-9-19(14)15(20)21)13-7-5-4-6-12(13)10-17/h4-7,14H,8-11,17H2,1-3H3,(H,20,21). The fraction of sp³-hybridized carbons (Fsp3) is 0.562. The van der Waals surface area contributed by atoms with E-state index in [9.17, 15) is 9.90 Å². The zero-order valence-electron chi connectivity index (χ0n) is 13.0. The molecule has 0 aliphatic carbocycles. The fourth-order valence-corrected chi connectivity index (χ4v) is 2.96. The van der Waals surface area contributed by atoms with Gasteiger partial charge in [0.2, 0.25) is 0 Å². The highest BCUT2D eigenvalue weighted by Crippen LogP contribution is 2.31. The molecule has 5 heteroatoms. The Hall–Kier alpha value is -1.75. The van der Waals surface area contributed by atoms with Gasteiger partial charge in [-0.15, -0.1) is 0 Å². The number of amides is 1. The minimum absolute atomic E-state index is 0.0328. The van der Waals surface area contributed by atoms with Gasteiger partial charge in [-0.25, -0.2) is 4.79 Å². The van der Waals surface area contributed by atoms with Crippen LogP contribution in [0.4, 0.5) is 10.5 Å². The van der Waals surface area contributed by atoms with Gasteiger partial charge in [-0.3, -0.25) is 0 Å². The van der Waals surface area contributed by atoms with Crippen LogP contribution in [0.2, 0.25) is 0 Å². The maximum absolute atomic E-state index is 11.5. The highest BCUT2D eigenvalue weighted by atomic mass is 16.4. The number of benzene rings is 1. The molecule has 116 valence electrons. The number of piperazine rings is 1. The second-order valence-electron chi connectivity index (χ2n) is 6.64. The lowest BCUT2D eigenvalue weighted by Gasteiger charge is -2.47. The van der Waals surface area contributed by atoms with Crippen molar-refractivity contribution >= 4 is 11.8 Å². The van der Waals surface area contributed by atoms with Gasteiger partial charge in [-0.05, 0) is 17.0 Å². The minimum Gasteiger partial charge on any atom is -0.465 e. The Bertz CT molecular complexity index is 510.